The van der Waals surface area contributed by atoms with Crippen LogP contribution in [0.4, 0.5) is 0 Å². The summed E-state index contributed by atoms with van der Waals surface area (Å²) < 4.78 is 4.82. The molecule has 1 aromatic carbocycles. The Labute approximate surface area is 131 Å². The Morgan fingerprint density at radius 2 is 2.18 bits per heavy atom. The molecule has 1 N–H and O–H groups in total. The Hall–Kier alpha value is -2.28. The number of amides is 1. The lowest BCUT2D eigenvalue weighted by atomic mass is 9.79. The second-order valence-corrected chi connectivity index (χ2v) is 5.45. The molecule has 0 aromatic heterocycles. The van der Waals surface area contributed by atoms with Crippen molar-refractivity contribution in [2.75, 3.05) is 7.11 Å². The first-order chi connectivity index (χ1) is 10.7. The summed E-state index contributed by atoms with van der Waals surface area (Å²) in [7, 11) is 1.34. The lowest BCUT2D eigenvalue weighted by molar-refractivity contribution is -0.144. The minimum atomic E-state index is -0.658. The molecule has 0 saturated carbocycles. The van der Waals surface area contributed by atoms with Crippen molar-refractivity contribution < 1.29 is 14.3 Å². The molecular formula is C18H21NO3. The van der Waals surface area contributed by atoms with Gasteiger partial charge in [0.15, 0.2) is 0 Å². The van der Waals surface area contributed by atoms with Crippen LogP contribution in [0.1, 0.15) is 43.2 Å². The van der Waals surface area contributed by atoms with Crippen LogP contribution < -0.4 is 5.32 Å². The minimum Gasteiger partial charge on any atom is -0.467 e. The smallest absolute Gasteiger partial charge is 0.328 e. The van der Waals surface area contributed by atoms with Crippen LogP contribution in [0.2, 0.25) is 0 Å². The zero-order valence-electron chi connectivity index (χ0n) is 13.0. The normalized spacial score (nSPS) is 17.5. The summed E-state index contributed by atoms with van der Waals surface area (Å²) in [6.07, 6.45) is 3.72. The van der Waals surface area contributed by atoms with E-state index < -0.39 is 17.9 Å². The molecule has 1 aliphatic rings. The van der Waals surface area contributed by atoms with Gasteiger partial charge in [0.1, 0.15) is 6.04 Å². The van der Waals surface area contributed by atoms with Gasteiger partial charge in [0, 0.05) is 0 Å². The summed E-state index contributed by atoms with van der Waals surface area (Å²) in [5, 5.41) is 2.66. The number of fused-ring (bicyclic) bond motifs is 1. The number of nitrogens with one attached hydrogen (secondary N) is 1. The quantitative estimate of drug-likeness (QED) is 0.685. The maximum absolute atomic E-state index is 12.0. The molecule has 1 aliphatic carbocycles. The van der Waals surface area contributed by atoms with E-state index in [-0.39, 0.29) is 5.92 Å². The number of carbonyl (C=O) groups excluding carboxylic acids is 2. The van der Waals surface area contributed by atoms with Gasteiger partial charge in [-0.25, -0.2) is 4.79 Å². The third kappa shape index (κ3) is 3.88. The topological polar surface area (TPSA) is 55.4 Å². The number of methoxy groups -OCH3 is 1. The Morgan fingerprint density at radius 3 is 2.91 bits per heavy atom. The van der Waals surface area contributed by atoms with Gasteiger partial charge in [-0.3, -0.25) is 4.79 Å². The van der Waals surface area contributed by atoms with Gasteiger partial charge >= 0.3 is 5.97 Å². The molecule has 22 heavy (non-hydrogen) atoms. The number of rotatable bonds is 4. The molecule has 4 nitrogen and oxygen atoms in total. The second-order valence-electron chi connectivity index (χ2n) is 5.45. The molecule has 116 valence electrons. The summed E-state index contributed by atoms with van der Waals surface area (Å²) in [6.45, 7) is 1.59. The molecular weight excluding hydrogens is 278 g/mol. The highest BCUT2D eigenvalue weighted by Gasteiger charge is 2.28. The Kier molecular flexibility index (Phi) is 5.60. The Morgan fingerprint density at radius 1 is 1.41 bits per heavy atom. The molecule has 4 heteroatoms. The van der Waals surface area contributed by atoms with Crippen molar-refractivity contribution in [1.29, 1.82) is 0 Å². The first-order valence-corrected chi connectivity index (χ1v) is 7.54. The zero-order valence-corrected chi connectivity index (χ0v) is 13.0. The van der Waals surface area contributed by atoms with Crippen molar-refractivity contribution in [2.24, 2.45) is 0 Å². The summed E-state index contributed by atoms with van der Waals surface area (Å²) in [6, 6.07) is 7.65. The average Bonchev–Trinajstić information content (AvgIpc) is 2.54. The van der Waals surface area contributed by atoms with Gasteiger partial charge in [0.2, 0.25) is 0 Å². The van der Waals surface area contributed by atoms with Gasteiger partial charge in [-0.15, -0.1) is 0 Å². The van der Waals surface area contributed by atoms with Gasteiger partial charge in [-0.2, -0.15) is 0 Å². The zero-order chi connectivity index (χ0) is 15.9. The van der Waals surface area contributed by atoms with Gasteiger partial charge in [0.25, 0.3) is 5.91 Å². The van der Waals surface area contributed by atoms with Crippen LogP contribution in [-0.4, -0.2) is 25.0 Å². The number of aryl methyl sites for hydroxylation is 1. The molecule has 1 aromatic rings. The van der Waals surface area contributed by atoms with Crippen molar-refractivity contribution in [2.45, 2.75) is 44.6 Å². The fourth-order valence-corrected chi connectivity index (χ4v) is 3.05. The molecule has 0 fully saturated rings. The van der Waals surface area contributed by atoms with Crippen LogP contribution in [0, 0.1) is 11.8 Å². The molecule has 0 radical (unpaired) electrons. The average molecular weight is 299 g/mol. The van der Waals surface area contributed by atoms with Gasteiger partial charge in [0.05, 0.1) is 7.11 Å². The van der Waals surface area contributed by atoms with E-state index in [0.29, 0.717) is 6.42 Å². The Bertz CT molecular complexity index is 612. The highest BCUT2D eigenvalue weighted by molar-refractivity contribution is 5.96. The SMILES string of the molecule is CC#CC(=O)N[C@@H](C[C@@H]1CCCc2ccccc21)C(=O)OC. The minimum absolute atomic E-state index is 0.254. The van der Waals surface area contributed by atoms with E-state index in [9.17, 15) is 9.59 Å². The standard InChI is InChI=1S/C18H21NO3/c1-3-7-17(20)19-16(18(21)22-2)12-14-10-6-9-13-8-4-5-11-15(13)14/h4-5,8,11,14,16H,6,9-10,12H2,1-2H3,(H,19,20)/t14-,16-/m0/s1. The first-order valence-electron chi connectivity index (χ1n) is 7.54. The summed E-state index contributed by atoms with van der Waals surface area (Å²) in [4.78, 5) is 23.6. The Balaban J connectivity index is 2.15. The maximum atomic E-state index is 12.0. The third-order valence-corrected chi connectivity index (χ3v) is 4.04. The van der Waals surface area contributed by atoms with Crippen molar-refractivity contribution in [3.63, 3.8) is 0 Å². The molecule has 0 heterocycles. The van der Waals surface area contributed by atoms with Gasteiger partial charge < -0.3 is 10.1 Å². The fourth-order valence-electron chi connectivity index (χ4n) is 3.05. The summed E-state index contributed by atoms with van der Waals surface area (Å²) in [5.74, 6) is 4.33. The van der Waals surface area contributed by atoms with Crippen LogP contribution in [0.15, 0.2) is 24.3 Å². The molecule has 0 bridgehead atoms. The molecule has 2 atom stereocenters. The lowest BCUT2D eigenvalue weighted by Gasteiger charge is -2.28. The highest BCUT2D eigenvalue weighted by atomic mass is 16.5. The largest absolute Gasteiger partial charge is 0.467 e. The summed E-state index contributed by atoms with van der Waals surface area (Å²) >= 11 is 0. The van der Waals surface area contributed by atoms with Crippen LogP contribution in [0.5, 0.6) is 0 Å². The van der Waals surface area contributed by atoms with Crippen molar-refractivity contribution >= 4 is 11.9 Å². The number of hydrogen-bond acceptors (Lipinski definition) is 3. The van der Waals surface area contributed by atoms with Crippen LogP contribution in [-0.2, 0) is 20.7 Å². The maximum Gasteiger partial charge on any atom is 0.328 e. The number of esters is 1. The number of benzene rings is 1. The van der Waals surface area contributed by atoms with E-state index in [4.69, 9.17) is 4.74 Å². The molecule has 0 saturated heterocycles. The molecule has 0 unspecified atom stereocenters. The van der Waals surface area contributed by atoms with Crippen LogP contribution >= 0.6 is 0 Å². The molecule has 1 amide bonds. The molecule has 0 aliphatic heterocycles. The second kappa shape index (κ2) is 7.65. The van der Waals surface area contributed by atoms with E-state index in [1.54, 1.807) is 6.92 Å². The first kappa shape index (κ1) is 16.1. The highest BCUT2D eigenvalue weighted by Crippen LogP contribution is 2.34. The van der Waals surface area contributed by atoms with E-state index in [2.05, 4.69) is 29.3 Å². The molecule has 0 spiro atoms. The monoisotopic (exact) mass is 299 g/mol. The van der Waals surface area contributed by atoms with Crippen molar-refractivity contribution in [3.8, 4) is 11.8 Å². The van der Waals surface area contributed by atoms with E-state index in [1.807, 2.05) is 12.1 Å². The molecule has 2 rings (SSSR count). The predicted octanol–water partition coefficient (Wildman–Crippen LogP) is 2.18. The van der Waals surface area contributed by atoms with Gasteiger partial charge in [-0.1, -0.05) is 30.2 Å². The van der Waals surface area contributed by atoms with Crippen LogP contribution in [0.3, 0.4) is 0 Å². The van der Waals surface area contributed by atoms with E-state index >= 15 is 0 Å². The van der Waals surface area contributed by atoms with Gasteiger partial charge in [-0.05, 0) is 55.6 Å². The number of carbonyl (C=O) groups is 2. The third-order valence-electron chi connectivity index (χ3n) is 4.04. The van der Waals surface area contributed by atoms with Crippen LogP contribution in [0.25, 0.3) is 0 Å². The number of ether oxygens (including phenoxy) is 1. The lowest BCUT2D eigenvalue weighted by Crippen LogP contribution is -2.42. The van der Waals surface area contributed by atoms with Crippen molar-refractivity contribution in [3.05, 3.63) is 35.4 Å². The predicted molar refractivity (Wildman–Crippen MR) is 84.1 cm³/mol. The fraction of sp³-hybridized carbons (Fsp3) is 0.444. The van der Waals surface area contributed by atoms with E-state index in [1.165, 1.54) is 18.2 Å². The number of hydrogen-bond donors (Lipinski definition) is 1. The van der Waals surface area contributed by atoms with E-state index in [0.717, 1.165) is 19.3 Å². The van der Waals surface area contributed by atoms with Crippen molar-refractivity contribution in [1.82, 2.24) is 5.32 Å². The summed E-state index contributed by atoms with van der Waals surface area (Å²) in [5.41, 5.74) is 2.61.